The van der Waals surface area contributed by atoms with Crippen LogP contribution in [0.4, 0.5) is 16.0 Å². The maximum Gasteiger partial charge on any atom is 0.255 e. The highest BCUT2D eigenvalue weighted by Crippen LogP contribution is 2.29. The number of hydrogen-bond donors (Lipinski definition) is 3. The zero-order chi connectivity index (χ0) is 22.3. The number of carbonyl (C=O) groups is 1. The second kappa shape index (κ2) is 9.93. The molecule has 0 fully saturated rings. The Hall–Kier alpha value is -3.91. The minimum absolute atomic E-state index is 0.117. The molecule has 0 saturated heterocycles. The maximum absolute atomic E-state index is 13.3. The molecular weight excluding hydrogens is 427 g/mol. The fraction of sp³-hybridized carbons (Fsp3) is 0.0833. The van der Waals surface area contributed by atoms with Crippen LogP contribution in [0.1, 0.15) is 20.8 Å². The van der Waals surface area contributed by atoms with Gasteiger partial charge in [-0.3, -0.25) is 4.79 Å². The summed E-state index contributed by atoms with van der Waals surface area (Å²) in [4.78, 5) is 17.7. The zero-order valence-electron chi connectivity index (χ0n) is 17.0. The van der Waals surface area contributed by atoms with Gasteiger partial charge in [-0.1, -0.05) is 30.3 Å². The van der Waals surface area contributed by atoms with E-state index >= 15 is 0 Å². The average Bonchev–Trinajstić information content (AvgIpc) is 3.24. The van der Waals surface area contributed by atoms with Crippen molar-refractivity contribution in [2.75, 3.05) is 11.1 Å². The molecule has 0 radical (unpaired) electrons. The normalized spacial score (nSPS) is 10.5. The standard InChI is InChI=1S/C24H21FN4O2S/c25-17-6-4-5-16(13-17)14-27-21-11-10-20(23(26)29-21)24(30)28-15-19-9-12-22(32-19)31-18-7-2-1-3-8-18/h1-13H,14-15H2,(H,28,30)(H3,26,27,29). The molecule has 1 amide bonds. The van der Waals surface area contributed by atoms with Crippen LogP contribution in [0, 0.1) is 5.82 Å². The van der Waals surface area contributed by atoms with Crippen molar-refractivity contribution in [1.82, 2.24) is 10.3 Å². The number of pyridine rings is 1. The SMILES string of the molecule is Nc1nc(NCc2cccc(F)c2)ccc1C(=O)NCc1ccc(Oc2ccccc2)s1. The molecule has 4 aromatic rings. The molecule has 0 saturated carbocycles. The molecule has 6 nitrogen and oxygen atoms in total. The fourth-order valence-corrected chi connectivity index (χ4v) is 3.79. The number of thiophene rings is 1. The van der Waals surface area contributed by atoms with E-state index in [1.165, 1.54) is 23.5 Å². The molecule has 0 aliphatic heterocycles. The Balaban J connectivity index is 1.31. The Bertz CT molecular complexity index is 1210. The van der Waals surface area contributed by atoms with Crippen molar-refractivity contribution in [2.45, 2.75) is 13.1 Å². The zero-order valence-corrected chi connectivity index (χ0v) is 17.9. The van der Waals surface area contributed by atoms with Gasteiger partial charge in [-0.25, -0.2) is 9.37 Å². The number of anilines is 2. The fourth-order valence-electron chi connectivity index (χ4n) is 2.98. The Morgan fingerprint density at radius 1 is 1.00 bits per heavy atom. The molecule has 4 N–H and O–H groups in total. The van der Waals surface area contributed by atoms with Crippen molar-refractivity contribution in [2.24, 2.45) is 0 Å². The molecule has 8 heteroatoms. The number of nitrogen functional groups attached to an aromatic ring is 1. The van der Waals surface area contributed by atoms with Crippen LogP contribution in [0.3, 0.4) is 0 Å². The smallest absolute Gasteiger partial charge is 0.255 e. The summed E-state index contributed by atoms with van der Waals surface area (Å²) in [6.07, 6.45) is 0. The van der Waals surface area contributed by atoms with Gasteiger partial charge in [-0.2, -0.15) is 0 Å². The molecule has 2 aromatic carbocycles. The van der Waals surface area contributed by atoms with Crippen LogP contribution in [0.25, 0.3) is 0 Å². The third-order valence-corrected chi connectivity index (χ3v) is 5.52. The number of para-hydroxylation sites is 1. The van der Waals surface area contributed by atoms with Gasteiger partial charge in [-0.05, 0) is 54.1 Å². The van der Waals surface area contributed by atoms with E-state index in [0.29, 0.717) is 24.5 Å². The first-order chi connectivity index (χ1) is 15.6. The van der Waals surface area contributed by atoms with Gasteiger partial charge in [0, 0.05) is 11.4 Å². The molecule has 2 heterocycles. The van der Waals surface area contributed by atoms with E-state index in [1.807, 2.05) is 48.5 Å². The van der Waals surface area contributed by atoms with Gasteiger partial charge >= 0.3 is 0 Å². The monoisotopic (exact) mass is 448 g/mol. The van der Waals surface area contributed by atoms with E-state index in [9.17, 15) is 9.18 Å². The minimum atomic E-state index is -0.314. The number of halogens is 1. The molecule has 0 atom stereocenters. The number of amides is 1. The topological polar surface area (TPSA) is 89.3 Å². The van der Waals surface area contributed by atoms with Crippen molar-refractivity contribution in [3.63, 3.8) is 0 Å². The predicted molar refractivity (Wildman–Crippen MR) is 124 cm³/mol. The van der Waals surface area contributed by atoms with Crippen LogP contribution in [0.2, 0.25) is 0 Å². The van der Waals surface area contributed by atoms with Gasteiger partial charge in [0.05, 0.1) is 12.1 Å². The first-order valence-corrected chi connectivity index (χ1v) is 10.7. The summed E-state index contributed by atoms with van der Waals surface area (Å²) < 4.78 is 19.1. The molecule has 162 valence electrons. The first-order valence-electron chi connectivity index (χ1n) is 9.91. The number of aromatic nitrogens is 1. The van der Waals surface area contributed by atoms with Crippen molar-refractivity contribution in [1.29, 1.82) is 0 Å². The summed E-state index contributed by atoms with van der Waals surface area (Å²) in [6.45, 7) is 0.738. The Labute approximate surface area is 188 Å². The Morgan fingerprint density at radius 3 is 2.62 bits per heavy atom. The van der Waals surface area contributed by atoms with E-state index in [0.717, 1.165) is 21.3 Å². The van der Waals surface area contributed by atoms with Crippen LogP contribution in [0.5, 0.6) is 10.8 Å². The Kier molecular flexibility index (Phi) is 6.62. The average molecular weight is 449 g/mol. The van der Waals surface area contributed by atoms with Gasteiger partial charge < -0.3 is 21.1 Å². The molecule has 0 bridgehead atoms. The summed E-state index contributed by atoms with van der Waals surface area (Å²) in [7, 11) is 0. The lowest BCUT2D eigenvalue weighted by molar-refractivity contribution is 0.0952. The minimum Gasteiger partial charge on any atom is -0.447 e. The number of ether oxygens (including phenoxy) is 1. The highest BCUT2D eigenvalue weighted by atomic mass is 32.1. The molecule has 0 aliphatic carbocycles. The molecule has 0 spiro atoms. The van der Waals surface area contributed by atoms with Crippen molar-refractivity contribution in [3.8, 4) is 10.8 Å². The lowest BCUT2D eigenvalue weighted by Gasteiger charge is -2.10. The van der Waals surface area contributed by atoms with E-state index in [1.54, 1.807) is 18.2 Å². The first kappa shape index (κ1) is 21.3. The van der Waals surface area contributed by atoms with Crippen LogP contribution in [0.15, 0.2) is 78.9 Å². The molecule has 2 aromatic heterocycles. The van der Waals surface area contributed by atoms with Gasteiger partial charge in [0.15, 0.2) is 5.06 Å². The van der Waals surface area contributed by atoms with Crippen LogP contribution in [-0.4, -0.2) is 10.9 Å². The molecular formula is C24H21FN4O2S. The van der Waals surface area contributed by atoms with Crippen molar-refractivity contribution >= 4 is 28.9 Å². The second-order valence-electron chi connectivity index (χ2n) is 6.93. The third-order valence-electron chi connectivity index (χ3n) is 4.55. The summed E-state index contributed by atoms with van der Waals surface area (Å²) in [5, 5.41) is 6.67. The quantitative estimate of drug-likeness (QED) is 0.345. The number of rotatable bonds is 8. The van der Waals surface area contributed by atoms with Gasteiger partial charge in [0.2, 0.25) is 0 Å². The number of nitrogens with one attached hydrogen (secondary N) is 2. The van der Waals surface area contributed by atoms with Crippen molar-refractivity contribution in [3.05, 3.63) is 101 Å². The highest BCUT2D eigenvalue weighted by molar-refractivity contribution is 7.13. The van der Waals surface area contributed by atoms with E-state index in [4.69, 9.17) is 10.5 Å². The third kappa shape index (κ3) is 5.61. The lowest BCUT2D eigenvalue weighted by atomic mass is 10.2. The second-order valence-corrected chi connectivity index (χ2v) is 8.06. The number of nitrogens with two attached hydrogens (primary N) is 1. The molecule has 0 aliphatic rings. The molecule has 4 rings (SSSR count). The van der Waals surface area contributed by atoms with E-state index < -0.39 is 0 Å². The molecule has 0 unspecified atom stereocenters. The largest absolute Gasteiger partial charge is 0.447 e. The van der Waals surface area contributed by atoms with Crippen molar-refractivity contribution < 1.29 is 13.9 Å². The number of carbonyl (C=O) groups excluding carboxylic acids is 1. The van der Waals surface area contributed by atoms with Gasteiger partial charge in [0.1, 0.15) is 23.2 Å². The number of nitrogens with zero attached hydrogens (tertiary/aromatic N) is 1. The summed E-state index contributed by atoms with van der Waals surface area (Å²) in [5.41, 5.74) is 7.05. The van der Waals surface area contributed by atoms with E-state index in [-0.39, 0.29) is 17.5 Å². The number of benzene rings is 2. The summed E-state index contributed by atoms with van der Waals surface area (Å²) >= 11 is 1.46. The van der Waals surface area contributed by atoms with E-state index in [2.05, 4.69) is 15.6 Å². The summed E-state index contributed by atoms with van der Waals surface area (Å²) in [5.74, 6) is 0.768. The maximum atomic E-state index is 13.3. The van der Waals surface area contributed by atoms with Crippen LogP contribution >= 0.6 is 11.3 Å². The Morgan fingerprint density at radius 2 is 1.84 bits per heavy atom. The highest BCUT2D eigenvalue weighted by Gasteiger charge is 2.12. The molecule has 32 heavy (non-hydrogen) atoms. The van der Waals surface area contributed by atoms with Gasteiger partial charge in [0.25, 0.3) is 5.91 Å². The lowest BCUT2D eigenvalue weighted by Crippen LogP contribution is -2.24. The summed E-state index contributed by atoms with van der Waals surface area (Å²) in [6, 6.07) is 22.9. The van der Waals surface area contributed by atoms with Gasteiger partial charge in [-0.15, -0.1) is 11.3 Å². The number of hydrogen-bond acceptors (Lipinski definition) is 6. The van der Waals surface area contributed by atoms with Crippen LogP contribution < -0.4 is 21.1 Å². The predicted octanol–water partition coefficient (Wildman–Crippen LogP) is 5.20. The van der Waals surface area contributed by atoms with Crippen LogP contribution in [-0.2, 0) is 13.1 Å².